The van der Waals surface area contributed by atoms with E-state index in [0.29, 0.717) is 5.56 Å². The summed E-state index contributed by atoms with van der Waals surface area (Å²) < 4.78 is 0. The topological polar surface area (TPSA) is 42.0 Å². The van der Waals surface area contributed by atoms with Crippen LogP contribution >= 0.6 is 11.8 Å². The van der Waals surface area contributed by atoms with Crippen LogP contribution in [0.3, 0.4) is 0 Å². The van der Waals surface area contributed by atoms with Gasteiger partial charge in [-0.25, -0.2) is 0 Å². The SMILES string of the molecule is Cc1ccc(NC(=O)c2ccccc2SCc2ccncc2)cc1. The number of anilines is 1. The van der Waals surface area contributed by atoms with Gasteiger partial charge in [-0.05, 0) is 48.9 Å². The molecular weight excluding hydrogens is 316 g/mol. The molecule has 0 atom stereocenters. The molecule has 1 amide bonds. The van der Waals surface area contributed by atoms with Crippen LogP contribution in [0.1, 0.15) is 21.5 Å². The van der Waals surface area contributed by atoms with Gasteiger partial charge in [-0.3, -0.25) is 9.78 Å². The molecule has 1 aromatic heterocycles. The number of pyridine rings is 1. The average Bonchev–Trinajstić information content (AvgIpc) is 2.63. The number of hydrogen-bond acceptors (Lipinski definition) is 3. The fourth-order valence-electron chi connectivity index (χ4n) is 2.26. The van der Waals surface area contributed by atoms with E-state index in [-0.39, 0.29) is 5.91 Å². The molecule has 0 spiro atoms. The molecule has 0 saturated carbocycles. The lowest BCUT2D eigenvalue weighted by Gasteiger charge is -2.10. The quantitative estimate of drug-likeness (QED) is 0.672. The van der Waals surface area contributed by atoms with Crippen molar-refractivity contribution >= 4 is 23.4 Å². The van der Waals surface area contributed by atoms with Gasteiger partial charge in [0.1, 0.15) is 0 Å². The maximum Gasteiger partial charge on any atom is 0.256 e. The summed E-state index contributed by atoms with van der Waals surface area (Å²) >= 11 is 1.65. The number of thioether (sulfide) groups is 1. The average molecular weight is 334 g/mol. The standard InChI is InChI=1S/C20H18N2OS/c1-15-6-8-17(9-7-15)22-20(23)18-4-2-3-5-19(18)24-14-16-10-12-21-13-11-16/h2-13H,14H2,1H3,(H,22,23). The Hall–Kier alpha value is -2.59. The summed E-state index contributed by atoms with van der Waals surface area (Å²) in [5.74, 6) is 0.717. The van der Waals surface area contributed by atoms with E-state index in [1.165, 1.54) is 11.1 Å². The number of nitrogens with zero attached hydrogens (tertiary/aromatic N) is 1. The second kappa shape index (κ2) is 7.79. The molecule has 2 aromatic carbocycles. The van der Waals surface area contributed by atoms with Crippen molar-refractivity contribution in [3.63, 3.8) is 0 Å². The van der Waals surface area contributed by atoms with Gasteiger partial charge in [0.2, 0.25) is 0 Å². The Bertz CT molecular complexity index is 817. The first kappa shape index (κ1) is 16.3. The lowest BCUT2D eigenvalue weighted by Crippen LogP contribution is -2.12. The zero-order valence-electron chi connectivity index (χ0n) is 13.4. The predicted octanol–water partition coefficient (Wildman–Crippen LogP) is 4.93. The van der Waals surface area contributed by atoms with Gasteiger partial charge in [0, 0.05) is 28.7 Å². The van der Waals surface area contributed by atoms with E-state index in [1.54, 1.807) is 24.2 Å². The van der Waals surface area contributed by atoms with E-state index in [4.69, 9.17) is 0 Å². The molecule has 4 heteroatoms. The molecule has 120 valence electrons. The number of rotatable bonds is 5. The first-order valence-corrected chi connectivity index (χ1v) is 8.70. The third kappa shape index (κ3) is 4.24. The van der Waals surface area contributed by atoms with Crippen LogP contribution in [0, 0.1) is 6.92 Å². The molecule has 0 radical (unpaired) electrons. The Morgan fingerprint density at radius 1 is 1.00 bits per heavy atom. The van der Waals surface area contributed by atoms with Crippen LogP contribution in [0.2, 0.25) is 0 Å². The fourth-order valence-corrected chi connectivity index (χ4v) is 3.26. The zero-order chi connectivity index (χ0) is 16.8. The summed E-state index contributed by atoms with van der Waals surface area (Å²) in [6.45, 7) is 2.02. The lowest BCUT2D eigenvalue weighted by molar-refractivity contribution is 0.102. The number of benzene rings is 2. The van der Waals surface area contributed by atoms with Gasteiger partial charge in [0.05, 0.1) is 5.56 Å². The molecular formula is C20H18N2OS. The van der Waals surface area contributed by atoms with Crippen molar-refractivity contribution < 1.29 is 4.79 Å². The number of hydrogen-bond donors (Lipinski definition) is 1. The maximum atomic E-state index is 12.6. The van der Waals surface area contributed by atoms with Gasteiger partial charge in [-0.15, -0.1) is 11.8 Å². The van der Waals surface area contributed by atoms with Crippen LogP contribution in [0.25, 0.3) is 0 Å². The monoisotopic (exact) mass is 334 g/mol. The molecule has 0 aliphatic carbocycles. The predicted molar refractivity (Wildman–Crippen MR) is 99.4 cm³/mol. The van der Waals surface area contributed by atoms with Gasteiger partial charge in [0.25, 0.3) is 5.91 Å². The van der Waals surface area contributed by atoms with Gasteiger partial charge < -0.3 is 5.32 Å². The van der Waals surface area contributed by atoms with Gasteiger partial charge in [-0.2, -0.15) is 0 Å². The Labute approximate surface area is 146 Å². The normalized spacial score (nSPS) is 10.4. The molecule has 0 bridgehead atoms. The van der Waals surface area contributed by atoms with Gasteiger partial charge in [-0.1, -0.05) is 29.8 Å². The number of amides is 1. The minimum atomic E-state index is -0.0864. The van der Waals surface area contributed by atoms with E-state index >= 15 is 0 Å². The van der Waals surface area contributed by atoms with Gasteiger partial charge in [0.15, 0.2) is 0 Å². The van der Waals surface area contributed by atoms with Crippen LogP contribution in [-0.4, -0.2) is 10.9 Å². The van der Waals surface area contributed by atoms with Crippen molar-refractivity contribution in [3.8, 4) is 0 Å². The summed E-state index contributed by atoms with van der Waals surface area (Å²) in [7, 11) is 0. The minimum Gasteiger partial charge on any atom is -0.322 e. The molecule has 0 saturated heterocycles. The van der Waals surface area contributed by atoms with Crippen LogP contribution < -0.4 is 5.32 Å². The Balaban J connectivity index is 1.73. The summed E-state index contributed by atoms with van der Waals surface area (Å²) in [6.07, 6.45) is 3.57. The van der Waals surface area contributed by atoms with E-state index in [2.05, 4.69) is 10.3 Å². The largest absolute Gasteiger partial charge is 0.322 e. The molecule has 1 N–H and O–H groups in total. The molecule has 3 aromatic rings. The molecule has 0 unspecified atom stereocenters. The van der Waals surface area contributed by atoms with Crippen LogP contribution in [-0.2, 0) is 5.75 Å². The maximum absolute atomic E-state index is 12.6. The second-order valence-corrected chi connectivity index (χ2v) is 6.48. The number of nitrogens with one attached hydrogen (secondary N) is 1. The molecule has 1 heterocycles. The van der Waals surface area contributed by atoms with Crippen molar-refractivity contribution in [2.45, 2.75) is 17.6 Å². The fraction of sp³-hybridized carbons (Fsp3) is 0.100. The highest BCUT2D eigenvalue weighted by atomic mass is 32.2. The number of aromatic nitrogens is 1. The number of carbonyl (C=O) groups is 1. The van der Waals surface area contributed by atoms with Crippen molar-refractivity contribution in [1.82, 2.24) is 4.98 Å². The first-order chi connectivity index (χ1) is 11.7. The highest BCUT2D eigenvalue weighted by Gasteiger charge is 2.11. The van der Waals surface area contributed by atoms with Crippen molar-refractivity contribution in [1.29, 1.82) is 0 Å². The van der Waals surface area contributed by atoms with E-state index in [9.17, 15) is 4.79 Å². The van der Waals surface area contributed by atoms with E-state index in [0.717, 1.165) is 16.3 Å². The molecule has 3 nitrogen and oxygen atoms in total. The Morgan fingerprint density at radius 3 is 2.46 bits per heavy atom. The van der Waals surface area contributed by atoms with Crippen LogP contribution in [0.4, 0.5) is 5.69 Å². The Kier molecular flexibility index (Phi) is 5.29. The second-order valence-electron chi connectivity index (χ2n) is 5.46. The van der Waals surface area contributed by atoms with E-state index < -0.39 is 0 Å². The first-order valence-electron chi connectivity index (χ1n) is 7.71. The zero-order valence-corrected chi connectivity index (χ0v) is 14.2. The van der Waals surface area contributed by atoms with E-state index in [1.807, 2.05) is 67.6 Å². The Morgan fingerprint density at radius 2 is 1.71 bits per heavy atom. The molecule has 24 heavy (non-hydrogen) atoms. The summed E-state index contributed by atoms with van der Waals surface area (Å²) in [5.41, 5.74) is 3.85. The third-order valence-electron chi connectivity index (χ3n) is 3.58. The van der Waals surface area contributed by atoms with Crippen molar-refractivity contribution in [2.24, 2.45) is 0 Å². The molecule has 3 rings (SSSR count). The summed E-state index contributed by atoms with van der Waals surface area (Å²) in [6, 6.07) is 19.5. The minimum absolute atomic E-state index is 0.0864. The van der Waals surface area contributed by atoms with Crippen molar-refractivity contribution in [3.05, 3.63) is 89.7 Å². The highest BCUT2D eigenvalue weighted by Crippen LogP contribution is 2.26. The molecule has 0 fully saturated rings. The summed E-state index contributed by atoms with van der Waals surface area (Å²) in [4.78, 5) is 17.6. The van der Waals surface area contributed by atoms with Crippen LogP contribution in [0.15, 0.2) is 78.0 Å². The molecule has 0 aliphatic heterocycles. The van der Waals surface area contributed by atoms with Crippen molar-refractivity contribution in [2.75, 3.05) is 5.32 Å². The van der Waals surface area contributed by atoms with Gasteiger partial charge >= 0.3 is 0 Å². The highest BCUT2D eigenvalue weighted by molar-refractivity contribution is 7.98. The smallest absolute Gasteiger partial charge is 0.256 e. The lowest BCUT2D eigenvalue weighted by atomic mass is 10.2. The number of aryl methyl sites for hydroxylation is 1. The third-order valence-corrected chi connectivity index (χ3v) is 4.73. The summed E-state index contributed by atoms with van der Waals surface area (Å²) in [5, 5.41) is 2.96. The van der Waals surface area contributed by atoms with Crippen LogP contribution in [0.5, 0.6) is 0 Å². The molecule has 0 aliphatic rings. The number of carbonyl (C=O) groups excluding carboxylic acids is 1.